The first-order chi connectivity index (χ1) is 8.34. The molecule has 3 aromatic heterocycles. The number of anilines is 1. The van der Waals surface area contributed by atoms with Gasteiger partial charge in [0, 0.05) is 19.4 Å². The second kappa shape index (κ2) is 3.85. The normalized spacial score (nSPS) is 10.9. The molecule has 3 aromatic rings. The van der Waals surface area contributed by atoms with E-state index in [9.17, 15) is 0 Å². The number of H-pyrrole nitrogens is 1. The number of aryl methyl sites for hydroxylation is 1. The van der Waals surface area contributed by atoms with Crippen LogP contribution in [0.2, 0.25) is 0 Å². The Morgan fingerprint density at radius 2 is 2.24 bits per heavy atom. The van der Waals surface area contributed by atoms with Crippen LogP contribution in [0.25, 0.3) is 11.2 Å². The van der Waals surface area contributed by atoms with Crippen LogP contribution < -0.4 is 5.32 Å². The van der Waals surface area contributed by atoms with E-state index in [1.807, 2.05) is 17.8 Å². The van der Waals surface area contributed by atoms with Crippen molar-refractivity contribution in [2.45, 2.75) is 6.54 Å². The van der Waals surface area contributed by atoms with Crippen molar-refractivity contribution < 1.29 is 0 Å². The van der Waals surface area contributed by atoms with Crippen LogP contribution in [0.15, 0.2) is 25.0 Å². The van der Waals surface area contributed by atoms with Crippen LogP contribution in [-0.4, -0.2) is 29.5 Å². The van der Waals surface area contributed by atoms with Crippen molar-refractivity contribution in [1.29, 1.82) is 0 Å². The van der Waals surface area contributed by atoms with Crippen LogP contribution >= 0.6 is 0 Å². The highest BCUT2D eigenvalue weighted by Crippen LogP contribution is 2.14. The van der Waals surface area contributed by atoms with Crippen molar-refractivity contribution in [3.63, 3.8) is 0 Å². The number of hydrogen-bond donors (Lipinski definition) is 2. The van der Waals surface area contributed by atoms with E-state index in [0.29, 0.717) is 12.2 Å². The van der Waals surface area contributed by atoms with E-state index in [4.69, 9.17) is 0 Å². The Hall–Kier alpha value is -2.44. The number of aromatic amines is 1. The average Bonchev–Trinajstić information content (AvgIpc) is 2.95. The molecule has 17 heavy (non-hydrogen) atoms. The lowest BCUT2D eigenvalue weighted by Crippen LogP contribution is -2.07. The minimum absolute atomic E-state index is 0.606. The number of fused-ring (bicyclic) bond motifs is 1. The summed E-state index contributed by atoms with van der Waals surface area (Å²) in [6.07, 6.45) is 6.76. The van der Waals surface area contributed by atoms with Gasteiger partial charge in [-0.3, -0.25) is 0 Å². The predicted molar refractivity (Wildman–Crippen MR) is 62.2 cm³/mol. The fraction of sp³-hybridized carbons (Fsp3) is 0.200. The summed E-state index contributed by atoms with van der Waals surface area (Å²) in [6, 6.07) is 0. The van der Waals surface area contributed by atoms with Crippen molar-refractivity contribution >= 4 is 17.0 Å². The lowest BCUT2D eigenvalue weighted by Gasteiger charge is -2.05. The number of imidazole rings is 2. The Bertz CT molecular complexity index is 639. The van der Waals surface area contributed by atoms with Gasteiger partial charge in [-0.05, 0) is 0 Å². The van der Waals surface area contributed by atoms with Gasteiger partial charge in [-0.15, -0.1) is 0 Å². The van der Waals surface area contributed by atoms with Crippen LogP contribution in [0.4, 0.5) is 5.82 Å². The maximum atomic E-state index is 4.23. The monoisotopic (exact) mass is 229 g/mol. The maximum Gasteiger partial charge on any atom is 0.182 e. The second-order valence-corrected chi connectivity index (χ2v) is 3.63. The van der Waals surface area contributed by atoms with Crippen LogP contribution in [0, 0.1) is 0 Å². The molecular weight excluding hydrogens is 218 g/mol. The van der Waals surface area contributed by atoms with Crippen LogP contribution in [0.1, 0.15) is 5.82 Å². The molecule has 0 amide bonds. The smallest absolute Gasteiger partial charge is 0.182 e. The summed E-state index contributed by atoms with van der Waals surface area (Å²) in [5, 5.41) is 3.21. The Kier molecular flexibility index (Phi) is 2.21. The van der Waals surface area contributed by atoms with Crippen molar-refractivity contribution in [2.75, 3.05) is 5.32 Å². The van der Waals surface area contributed by atoms with Crippen molar-refractivity contribution in [3.8, 4) is 0 Å². The Morgan fingerprint density at radius 1 is 1.29 bits per heavy atom. The molecule has 0 aliphatic rings. The molecule has 86 valence electrons. The van der Waals surface area contributed by atoms with Gasteiger partial charge in [0.2, 0.25) is 0 Å². The molecule has 7 heteroatoms. The van der Waals surface area contributed by atoms with Crippen molar-refractivity contribution in [2.24, 2.45) is 7.05 Å². The van der Waals surface area contributed by atoms with Gasteiger partial charge in [-0.25, -0.2) is 19.9 Å². The molecule has 3 rings (SSSR count). The summed E-state index contributed by atoms with van der Waals surface area (Å²) in [5.74, 6) is 1.67. The van der Waals surface area contributed by atoms with Crippen LogP contribution in [0.5, 0.6) is 0 Å². The lowest BCUT2D eigenvalue weighted by atomic mass is 10.4. The largest absolute Gasteiger partial charge is 0.361 e. The molecule has 0 fully saturated rings. The first-order valence-corrected chi connectivity index (χ1v) is 5.19. The van der Waals surface area contributed by atoms with Gasteiger partial charge in [-0.1, -0.05) is 0 Å². The summed E-state index contributed by atoms with van der Waals surface area (Å²) >= 11 is 0. The molecule has 0 bridgehead atoms. The van der Waals surface area contributed by atoms with E-state index < -0.39 is 0 Å². The van der Waals surface area contributed by atoms with Crippen molar-refractivity contribution in [3.05, 3.63) is 30.9 Å². The molecule has 0 atom stereocenters. The molecule has 0 saturated carbocycles. The molecular formula is C10H11N7. The fourth-order valence-corrected chi connectivity index (χ4v) is 1.63. The third-order valence-electron chi connectivity index (χ3n) is 2.56. The number of nitrogens with one attached hydrogen (secondary N) is 2. The third kappa shape index (κ3) is 1.71. The molecule has 3 heterocycles. The van der Waals surface area contributed by atoms with E-state index in [-0.39, 0.29) is 0 Å². The topological polar surface area (TPSA) is 84.3 Å². The zero-order valence-electron chi connectivity index (χ0n) is 9.25. The molecule has 0 unspecified atom stereocenters. The lowest BCUT2D eigenvalue weighted by molar-refractivity contribution is 0.811. The summed E-state index contributed by atoms with van der Waals surface area (Å²) < 4.78 is 1.96. The molecule has 2 N–H and O–H groups in total. The number of nitrogens with zero attached hydrogens (tertiary/aromatic N) is 5. The molecule has 0 saturated heterocycles. The predicted octanol–water partition coefficient (Wildman–Crippen LogP) is 0.698. The van der Waals surface area contributed by atoms with E-state index in [2.05, 4.69) is 30.2 Å². The highest BCUT2D eigenvalue weighted by atomic mass is 15.1. The maximum absolute atomic E-state index is 4.23. The van der Waals surface area contributed by atoms with Gasteiger partial charge >= 0.3 is 0 Å². The highest BCUT2D eigenvalue weighted by molar-refractivity contribution is 5.81. The first-order valence-electron chi connectivity index (χ1n) is 5.19. The van der Waals surface area contributed by atoms with Gasteiger partial charge < -0.3 is 14.9 Å². The molecule has 0 aromatic carbocycles. The Labute approximate surface area is 97.0 Å². The molecule has 0 aliphatic heterocycles. The van der Waals surface area contributed by atoms with Gasteiger partial charge in [-0.2, -0.15) is 0 Å². The second-order valence-electron chi connectivity index (χ2n) is 3.63. The summed E-state index contributed by atoms with van der Waals surface area (Å²) in [4.78, 5) is 19.5. The number of hydrogen-bond acceptors (Lipinski definition) is 5. The van der Waals surface area contributed by atoms with E-state index in [1.54, 1.807) is 12.5 Å². The van der Waals surface area contributed by atoms with Gasteiger partial charge in [0.15, 0.2) is 11.5 Å². The first kappa shape index (κ1) is 9.76. The van der Waals surface area contributed by atoms with E-state index in [1.165, 1.54) is 6.33 Å². The van der Waals surface area contributed by atoms with E-state index in [0.717, 1.165) is 17.2 Å². The molecule has 0 radical (unpaired) electrons. The Balaban J connectivity index is 1.86. The molecule has 0 spiro atoms. The molecule has 7 nitrogen and oxygen atoms in total. The van der Waals surface area contributed by atoms with Crippen LogP contribution in [-0.2, 0) is 13.6 Å². The van der Waals surface area contributed by atoms with Crippen molar-refractivity contribution in [1.82, 2.24) is 29.5 Å². The van der Waals surface area contributed by atoms with Gasteiger partial charge in [0.25, 0.3) is 0 Å². The van der Waals surface area contributed by atoms with E-state index >= 15 is 0 Å². The number of rotatable bonds is 3. The average molecular weight is 229 g/mol. The minimum Gasteiger partial charge on any atom is -0.361 e. The SMILES string of the molecule is Cn1ccnc1CNc1ncnc2nc[nH]c12. The van der Waals surface area contributed by atoms with Gasteiger partial charge in [0.1, 0.15) is 17.7 Å². The summed E-state index contributed by atoms with van der Waals surface area (Å²) in [6.45, 7) is 0.606. The highest BCUT2D eigenvalue weighted by Gasteiger charge is 2.06. The fourth-order valence-electron chi connectivity index (χ4n) is 1.63. The standard InChI is InChI=1S/C10H11N7/c1-17-3-2-11-7(17)4-12-9-8-10(14-5-13-8)16-6-15-9/h2-3,5-6H,4H2,1H3,(H2,12,13,14,15,16). The van der Waals surface area contributed by atoms with Crippen LogP contribution in [0.3, 0.4) is 0 Å². The zero-order chi connectivity index (χ0) is 11.7. The molecule has 0 aliphatic carbocycles. The van der Waals surface area contributed by atoms with Gasteiger partial charge in [0.05, 0.1) is 12.9 Å². The number of aromatic nitrogens is 6. The minimum atomic E-state index is 0.606. The third-order valence-corrected chi connectivity index (χ3v) is 2.56. The Morgan fingerprint density at radius 3 is 3.06 bits per heavy atom. The summed E-state index contributed by atoms with van der Waals surface area (Å²) in [5.41, 5.74) is 1.46. The quantitative estimate of drug-likeness (QED) is 0.690. The zero-order valence-corrected chi connectivity index (χ0v) is 9.25. The summed E-state index contributed by atoms with van der Waals surface area (Å²) in [7, 11) is 1.95.